The van der Waals surface area contributed by atoms with Crippen LogP contribution in [0.3, 0.4) is 0 Å². The molecule has 1 amide bonds. The topological polar surface area (TPSA) is 42.3 Å². The molecule has 0 bridgehead atoms. The Bertz CT molecular complexity index is 993. The molecule has 2 atom stereocenters. The van der Waals surface area contributed by atoms with E-state index in [9.17, 15) is 9.59 Å². The van der Waals surface area contributed by atoms with E-state index in [2.05, 4.69) is 6.92 Å². The van der Waals surface area contributed by atoms with Gasteiger partial charge >= 0.3 is 0 Å². The highest BCUT2D eigenvalue weighted by atomic mass is 16.2. The largest absolute Gasteiger partial charge is 0.341 e. The van der Waals surface area contributed by atoms with Crippen LogP contribution in [-0.4, -0.2) is 28.5 Å². The summed E-state index contributed by atoms with van der Waals surface area (Å²) in [6.45, 7) is 2.50. The van der Waals surface area contributed by atoms with Gasteiger partial charge in [0.25, 0.3) is 0 Å². The Morgan fingerprint density at radius 2 is 1.56 bits per heavy atom. The third-order valence-electron chi connectivity index (χ3n) is 6.13. The molecule has 0 N–H and O–H groups in total. The summed E-state index contributed by atoms with van der Waals surface area (Å²) in [5.74, 6) is 0.642. The Kier molecular flexibility index (Phi) is 4.73. The quantitative estimate of drug-likeness (QED) is 0.656. The van der Waals surface area contributed by atoms with Crippen molar-refractivity contribution in [1.29, 1.82) is 0 Å². The predicted octanol–water partition coefficient (Wildman–Crippen LogP) is 4.19. The van der Waals surface area contributed by atoms with Gasteiger partial charge in [0.05, 0.1) is 11.0 Å². The highest BCUT2D eigenvalue weighted by molar-refractivity contribution is 5.94. The van der Waals surface area contributed by atoms with E-state index in [1.54, 1.807) is 0 Å². The fraction of sp³-hybridized carbons (Fsp3) is 0.391. The van der Waals surface area contributed by atoms with E-state index in [-0.39, 0.29) is 17.9 Å². The monoisotopic (exact) mass is 362 g/mol. The molecule has 1 fully saturated rings. The number of rotatable bonds is 3. The molecule has 2 aromatic carbocycles. The minimum Gasteiger partial charge on any atom is -0.341 e. The minimum absolute atomic E-state index is 0.0270. The van der Waals surface area contributed by atoms with Crippen LogP contribution < -0.4 is 5.43 Å². The van der Waals surface area contributed by atoms with Crippen LogP contribution >= 0.6 is 0 Å². The first-order chi connectivity index (χ1) is 13.1. The van der Waals surface area contributed by atoms with E-state index in [1.165, 1.54) is 19.3 Å². The molecule has 0 spiro atoms. The van der Waals surface area contributed by atoms with Crippen molar-refractivity contribution >= 4 is 27.7 Å². The molecule has 1 aliphatic carbocycles. The predicted molar refractivity (Wildman–Crippen MR) is 110 cm³/mol. The minimum atomic E-state index is 0.0270. The average Bonchev–Trinajstić information content (AvgIpc) is 2.71. The molecule has 4 rings (SSSR count). The lowest BCUT2D eigenvalue weighted by atomic mass is 9.85. The number of nitrogens with zero attached hydrogens (tertiary/aromatic N) is 2. The first-order valence-corrected chi connectivity index (χ1v) is 9.84. The second-order valence-corrected chi connectivity index (χ2v) is 7.78. The Morgan fingerprint density at radius 3 is 2.15 bits per heavy atom. The van der Waals surface area contributed by atoms with Gasteiger partial charge in [-0.25, -0.2) is 0 Å². The third-order valence-corrected chi connectivity index (χ3v) is 6.13. The normalized spacial score (nSPS) is 20.1. The summed E-state index contributed by atoms with van der Waals surface area (Å²) in [5, 5.41) is 1.33. The standard InChI is InChI=1S/C23H26N2O2/c1-16-9-3-6-12-19(16)24(2)22(26)15-25-20-13-7-4-10-17(20)23(27)18-11-5-8-14-21(18)25/h4-5,7-8,10-11,13-14,16,19H,3,6,9,12,15H2,1-2H3/t16-,19+/m1/s1. The number of likely N-dealkylation sites (N-methyl/N-ethyl adjacent to an activating group) is 1. The molecule has 0 unspecified atom stereocenters. The van der Waals surface area contributed by atoms with E-state index in [0.717, 1.165) is 17.5 Å². The van der Waals surface area contributed by atoms with Crippen molar-refractivity contribution in [2.24, 2.45) is 5.92 Å². The summed E-state index contributed by atoms with van der Waals surface area (Å²) in [6.07, 6.45) is 4.71. The van der Waals surface area contributed by atoms with Gasteiger partial charge in [-0.15, -0.1) is 0 Å². The lowest BCUT2D eigenvalue weighted by molar-refractivity contribution is -0.134. The lowest BCUT2D eigenvalue weighted by Gasteiger charge is -2.36. The van der Waals surface area contributed by atoms with Gasteiger partial charge in [0, 0.05) is 23.9 Å². The zero-order valence-corrected chi connectivity index (χ0v) is 16.0. The highest BCUT2D eigenvalue weighted by Crippen LogP contribution is 2.28. The summed E-state index contributed by atoms with van der Waals surface area (Å²) in [4.78, 5) is 27.9. The van der Waals surface area contributed by atoms with Crippen molar-refractivity contribution < 1.29 is 4.79 Å². The number of fused-ring (bicyclic) bond motifs is 2. The molecule has 0 saturated heterocycles. The number of hydrogen-bond donors (Lipinski definition) is 0. The molecule has 1 aromatic heterocycles. The first-order valence-electron chi connectivity index (χ1n) is 9.84. The van der Waals surface area contributed by atoms with Crippen LogP contribution in [0.1, 0.15) is 32.6 Å². The van der Waals surface area contributed by atoms with Crippen LogP contribution in [-0.2, 0) is 11.3 Å². The SMILES string of the molecule is C[C@@H]1CCCC[C@@H]1N(C)C(=O)Cn1c2ccccc2c(=O)c2ccccc21. The molecule has 0 radical (unpaired) electrons. The smallest absolute Gasteiger partial charge is 0.242 e. The Hall–Kier alpha value is -2.62. The maximum absolute atomic E-state index is 13.2. The van der Waals surface area contributed by atoms with Crippen molar-refractivity contribution in [2.75, 3.05) is 7.05 Å². The molecule has 0 aliphatic heterocycles. The van der Waals surface area contributed by atoms with E-state index in [1.807, 2.05) is 65.0 Å². The molecule has 1 saturated carbocycles. The molecule has 1 aliphatic rings. The molecule has 3 aromatic rings. The number of carbonyl (C=O) groups is 1. The second kappa shape index (κ2) is 7.18. The van der Waals surface area contributed by atoms with Crippen LogP contribution in [0.15, 0.2) is 53.3 Å². The zero-order valence-electron chi connectivity index (χ0n) is 16.0. The number of benzene rings is 2. The van der Waals surface area contributed by atoms with Crippen molar-refractivity contribution in [3.8, 4) is 0 Å². The second-order valence-electron chi connectivity index (χ2n) is 7.78. The maximum Gasteiger partial charge on any atom is 0.242 e. The number of pyridine rings is 1. The van der Waals surface area contributed by atoms with E-state index >= 15 is 0 Å². The number of carbonyl (C=O) groups excluding carboxylic acids is 1. The van der Waals surface area contributed by atoms with Gasteiger partial charge in [-0.05, 0) is 43.0 Å². The zero-order chi connectivity index (χ0) is 19.0. The van der Waals surface area contributed by atoms with Gasteiger partial charge < -0.3 is 9.47 Å². The van der Waals surface area contributed by atoms with Crippen molar-refractivity contribution in [3.63, 3.8) is 0 Å². The molecule has 140 valence electrons. The van der Waals surface area contributed by atoms with Crippen molar-refractivity contribution in [2.45, 2.75) is 45.2 Å². The first kappa shape index (κ1) is 17.8. The van der Waals surface area contributed by atoms with Gasteiger partial charge in [0.2, 0.25) is 5.91 Å². The Labute approximate surface area is 159 Å². The van der Waals surface area contributed by atoms with Crippen LogP contribution in [0.25, 0.3) is 21.8 Å². The Balaban J connectivity index is 1.77. The lowest BCUT2D eigenvalue weighted by Crippen LogP contribution is -2.44. The summed E-state index contributed by atoms with van der Waals surface area (Å²) in [6, 6.07) is 15.5. The number of para-hydroxylation sites is 2. The van der Waals surface area contributed by atoms with Gasteiger partial charge in [-0.3, -0.25) is 9.59 Å². The molecule has 1 heterocycles. The average molecular weight is 362 g/mol. The fourth-order valence-electron chi connectivity index (χ4n) is 4.55. The highest BCUT2D eigenvalue weighted by Gasteiger charge is 2.28. The van der Waals surface area contributed by atoms with Crippen LogP contribution in [0.2, 0.25) is 0 Å². The number of aromatic nitrogens is 1. The van der Waals surface area contributed by atoms with Crippen LogP contribution in [0.5, 0.6) is 0 Å². The van der Waals surface area contributed by atoms with Crippen LogP contribution in [0.4, 0.5) is 0 Å². The fourth-order valence-corrected chi connectivity index (χ4v) is 4.55. The molecule has 4 nitrogen and oxygen atoms in total. The Morgan fingerprint density at radius 1 is 1.00 bits per heavy atom. The van der Waals surface area contributed by atoms with E-state index in [0.29, 0.717) is 22.7 Å². The van der Waals surface area contributed by atoms with E-state index < -0.39 is 0 Å². The third kappa shape index (κ3) is 3.14. The summed E-state index contributed by atoms with van der Waals surface area (Å²) < 4.78 is 2.00. The van der Waals surface area contributed by atoms with Gasteiger partial charge in [0.1, 0.15) is 6.54 Å². The molecule has 27 heavy (non-hydrogen) atoms. The van der Waals surface area contributed by atoms with Crippen molar-refractivity contribution in [1.82, 2.24) is 9.47 Å². The van der Waals surface area contributed by atoms with Crippen LogP contribution in [0, 0.1) is 5.92 Å². The molecule has 4 heteroatoms. The number of hydrogen-bond acceptors (Lipinski definition) is 2. The summed E-state index contributed by atoms with van der Waals surface area (Å²) in [5.41, 5.74) is 1.67. The van der Waals surface area contributed by atoms with Gasteiger partial charge in [0.15, 0.2) is 5.43 Å². The van der Waals surface area contributed by atoms with Gasteiger partial charge in [-0.1, -0.05) is 44.0 Å². The van der Waals surface area contributed by atoms with Crippen molar-refractivity contribution in [3.05, 3.63) is 58.8 Å². The number of amides is 1. The van der Waals surface area contributed by atoms with E-state index in [4.69, 9.17) is 0 Å². The summed E-state index contributed by atoms with van der Waals surface area (Å²) >= 11 is 0. The summed E-state index contributed by atoms with van der Waals surface area (Å²) in [7, 11) is 1.93. The molecular weight excluding hydrogens is 336 g/mol. The van der Waals surface area contributed by atoms with Gasteiger partial charge in [-0.2, -0.15) is 0 Å². The molecular formula is C23H26N2O2. The maximum atomic E-state index is 13.2.